The Bertz CT molecular complexity index is 1140. The fraction of sp³-hybridized carbons (Fsp3) is 0.333. The van der Waals surface area contributed by atoms with E-state index in [4.69, 9.17) is 4.74 Å². The predicted octanol–water partition coefficient (Wildman–Crippen LogP) is 3.38. The Morgan fingerprint density at radius 1 is 1.19 bits per heavy atom. The molecule has 0 saturated carbocycles. The summed E-state index contributed by atoms with van der Waals surface area (Å²) in [7, 11) is 0. The van der Waals surface area contributed by atoms with Crippen molar-refractivity contribution >= 4 is 34.9 Å². The van der Waals surface area contributed by atoms with Gasteiger partial charge >= 0.3 is 12.1 Å². The Labute approximate surface area is 180 Å². The van der Waals surface area contributed by atoms with Crippen molar-refractivity contribution < 1.29 is 37.1 Å². The van der Waals surface area contributed by atoms with Crippen LogP contribution in [0, 0.1) is 13.8 Å². The summed E-state index contributed by atoms with van der Waals surface area (Å²) in [5, 5.41) is 2.31. The third-order valence-corrected chi connectivity index (χ3v) is 5.08. The number of nitrogens with one attached hydrogen (secondary N) is 2. The molecule has 2 N–H and O–H groups in total. The Morgan fingerprint density at radius 3 is 2.41 bits per heavy atom. The van der Waals surface area contributed by atoms with E-state index in [0.717, 1.165) is 23.1 Å². The molecule has 2 aromatic rings. The van der Waals surface area contributed by atoms with Gasteiger partial charge in [-0.3, -0.25) is 19.3 Å². The zero-order chi connectivity index (χ0) is 24.0. The monoisotopic (exact) mass is 451 g/mol. The number of hydrogen-bond donors (Lipinski definition) is 2. The summed E-state index contributed by atoms with van der Waals surface area (Å²) in [6.07, 6.45) is -5.98. The molecule has 170 valence electrons. The third kappa shape index (κ3) is 4.23. The molecule has 1 aromatic carbocycles. The second-order valence-corrected chi connectivity index (χ2v) is 7.43. The smallest absolute Gasteiger partial charge is 0.416 e. The molecule has 0 aliphatic carbocycles. The summed E-state index contributed by atoms with van der Waals surface area (Å²) in [5.74, 6) is -2.60. The number of carbonyl (C=O) groups excluding carboxylic acids is 4. The van der Waals surface area contributed by atoms with E-state index in [-0.39, 0.29) is 22.9 Å². The highest BCUT2D eigenvalue weighted by atomic mass is 19.4. The topological polar surface area (TPSA) is 109 Å². The van der Waals surface area contributed by atoms with Crippen LogP contribution in [0.25, 0.3) is 0 Å². The maximum absolute atomic E-state index is 13.0. The van der Waals surface area contributed by atoms with Crippen LogP contribution < -0.4 is 10.2 Å². The second-order valence-electron chi connectivity index (χ2n) is 7.43. The number of alkyl halides is 3. The highest BCUT2D eigenvalue weighted by molar-refractivity contribution is 6.11. The Kier molecular flexibility index (Phi) is 5.86. The Hall–Kier alpha value is -3.63. The van der Waals surface area contributed by atoms with Crippen molar-refractivity contribution in [2.24, 2.45) is 0 Å². The van der Waals surface area contributed by atoms with Crippen LogP contribution in [0.1, 0.15) is 51.5 Å². The van der Waals surface area contributed by atoms with Gasteiger partial charge in [-0.05, 0) is 51.5 Å². The highest BCUT2D eigenvalue weighted by Crippen LogP contribution is 2.37. The molecule has 11 heteroatoms. The first kappa shape index (κ1) is 23.0. The van der Waals surface area contributed by atoms with Crippen LogP contribution in [0.5, 0.6) is 0 Å². The standard InChI is InChI=1S/C21H20F3N3O5/c1-9-17(11(3)28)10(2)25-18(9)20(31)32-12(4)19(30)27-8-16(29)26-14-7-13(21(22,23)24)5-6-15(14)27/h5-7,12,25H,8H2,1-4H3,(H,26,29). The SMILES string of the molecule is CC(=O)c1c(C)[nH]c(C(=O)OC(C)C(=O)N2CC(=O)Nc3cc(C(F)(F)F)ccc32)c1C. The van der Waals surface area contributed by atoms with Gasteiger partial charge in [0.25, 0.3) is 5.91 Å². The molecule has 0 fully saturated rings. The highest BCUT2D eigenvalue weighted by Gasteiger charge is 2.36. The number of amides is 2. The lowest BCUT2D eigenvalue weighted by molar-refractivity contribution is -0.137. The van der Waals surface area contributed by atoms with Gasteiger partial charge < -0.3 is 15.0 Å². The van der Waals surface area contributed by atoms with E-state index in [1.165, 1.54) is 13.8 Å². The van der Waals surface area contributed by atoms with Crippen LogP contribution >= 0.6 is 0 Å². The summed E-state index contributed by atoms with van der Waals surface area (Å²) in [6.45, 7) is 5.37. The van der Waals surface area contributed by atoms with Gasteiger partial charge in [0.05, 0.1) is 16.9 Å². The molecule has 1 atom stereocenters. The summed E-state index contributed by atoms with van der Waals surface area (Å²) < 4.78 is 44.2. The van der Waals surface area contributed by atoms with Crippen LogP contribution in [0.15, 0.2) is 18.2 Å². The number of ether oxygens (including phenoxy) is 1. The zero-order valence-electron chi connectivity index (χ0n) is 17.6. The molecular weight excluding hydrogens is 431 g/mol. The molecule has 0 bridgehead atoms. The molecule has 2 heterocycles. The summed E-state index contributed by atoms with van der Waals surface area (Å²) in [5.41, 5.74) is 0.104. The molecule has 1 aromatic heterocycles. The molecule has 8 nitrogen and oxygen atoms in total. The number of aromatic nitrogens is 1. The number of aromatic amines is 1. The predicted molar refractivity (Wildman–Crippen MR) is 108 cm³/mol. The zero-order valence-corrected chi connectivity index (χ0v) is 17.6. The average Bonchev–Trinajstić information content (AvgIpc) is 2.99. The van der Waals surface area contributed by atoms with Crippen molar-refractivity contribution in [3.63, 3.8) is 0 Å². The quantitative estimate of drug-likeness (QED) is 0.547. The Balaban J connectivity index is 1.84. The summed E-state index contributed by atoms with van der Waals surface area (Å²) in [6, 6.07) is 2.60. The van der Waals surface area contributed by atoms with Crippen LogP contribution in [0.3, 0.4) is 0 Å². The summed E-state index contributed by atoms with van der Waals surface area (Å²) in [4.78, 5) is 52.9. The first-order chi connectivity index (χ1) is 14.8. The van der Waals surface area contributed by atoms with Gasteiger partial charge in [-0.15, -0.1) is 0 Å². The summed E-state index contributed by atoms with van der Waals surface area (Å²) >= 11 is 0. The normalized spacial score (nSPS) is 14.5. The van der Waals surface area contributed by atoms with Gasteiger partial charge in [-0.1, -0.05) is 0 Å². The third-order valence-electron chi connectivity index (χ3n) is 5.08. The molecular formula is C21H20F3N3O5. The van der Waals surface area contributed by atoms with Crippen LogP contribution in [0.4, 0.5) is 24.5 Å². The van der Waals surface area contributed by atoms with Crippen molar-refractivity contribution in [3.05, 3.63) is 46.3 Å². The van der Waals surface area contributed by atoms with E-state index >= 15 is 0 Å². The number of Topliss-reactive ketones (excluding diaryl/α,β-unsaturated/α-hetero) is 1. The molecule has 32 heavy (non-hydrogen) atoms. The van der Waals surface area contributed by atoms with E-state index in [1.54, 1.807) is 13.8 Å². The number of esters is 1. The number of fused-ring (bicyclic) bond motifs is 1. The van der Waals surface area contributed by atoms with Gasteiger partial charge in [0.15, 0.2) is 11.9 Å². The van der Waals surface area contributed by atoms with Crippen LogP contribution in [0.2, 0.25) is 0 Å². The maximum Gasteiger partial charge on any atom is 0.416 e. The molecule has 1 unspecified atom stereocenters. The number of halogens is 3. The Morgan fingerprint density at radius 2 is 1.84 bits per heavy atom. The van der Waals surface area contributed by atoms with Crippen molar-refractivity contribution in [3.8, 4) is 0 Å². The molecule has 1 aliphatic heterocycles. The number of aryl methyl sites for hydroxylation is 1. The van der Waals surface area contributed by atoms with E-state index in [9.17, 15) is 32.3 Å². The maximum atomic E-state index is 13.0. The van der Waals surface area contributed by atoms with Gasteiger partial charge in [-0.25, -0.2) is 4.79 Å². The van der Waals surface area contributed by atoms with Gasteiger partial charge in [0.1, 0.15) is 12.2 Å². The van der Waals surface area contributed by atoms with E-state index in [2.05, 4.69) is 10.3 Å². The minimum atomic E-state index is -4.63. The number of anilines is 2. The minimum absolute atomic E-state index is 0.0129. The van der Waals surface area contributed by atoms with Crippen molar-refractivity contribution in [1.82, 2.24) is 4.98 Å². The number of carbonyl (C=O) groups is 4. The minimum Gasteiger partial charge on any atom is -0.448 e. The number of nitrogens with zero attached hydrogens (tertiary/aromatic N) is 1. The van der Waals surface area contributed by atoms with Crippen LogP contribution in [-0.2, 0) is 20.5 Å². The second kappa shape index (κ2) is 8.13. The fourth-order valence-electron chi connectivity index (χ4n) is 3.63. The van der Waals surface area contributed by atoms with Gasteiger partial charge in [-0.2, -0.15) is 13.2 Å². The number of H-pyrrole nitrogens is 1. The fourth-order valence-corrected chi connectivity index (χ4v) is 3.63. The number of benzene rings is 1. The lowest BCUT2D eigenvalue weighted by atomic mass is 10.1. The van der Waals surface area contributed by atoms with E-state index in [0.29, 0.717) is 16.8 Å². The van der Waals surface area contributed by atoms with Crippen molar-refractivity contribution in [2.75, 3.05) is 16.8 Å². The molecule has 3 rings (SSSR count). The van der Waals surface area contributed by atoms with Crippen molar-refractivity contribution in [2.45, 2.75) is 40.0 Å². The molecule has 1 aliphatic rings. The average molecular weight is 451 g/mol. The van der Waals surface area contributed by atoms with Crippen LogP contribution in [-0.4, -0.2) is 41.2 Å². The molecule has 0 saturated heterocycles. The number of rotatable bonds is 4. The first-order valence-corrected chi connectivity index (χ1v) is 9.54. The number of hydrogen-bond acceptors (Lipinski definition) is 5. The van der Waals surface area contributed by atoms with Gasteiger partial charge in [0, 0.05) is 11.3 Å². The largest absolute Gasteiger partial charge is 0.448 e. The first-order valence-electron chi connectivity index (χ1n) is 9.54. The van der Waals surface area contributed by atoms with Crippen molar-refractivity contribution in [1.29, 1.82) is 0 Å². The molecule has 0 spiro atoms. The van der Waals surface area contributed by atoms with E-state index < -0.39 is 42.2 Å². The lowest BCUT2D eigenvalue weighted by Crippen LogP contribution is -2.47. The molecule has 2 amide bonds. The number of ketones is 1. The van der Waals surface area contributed by atoms with Gasteiger partial charge in [0.2, 0.25) is 5.91 Å². The van der Waals surface area contributed by atoms with E-state index in [1.807, 2.05) is 0 Å². The lowest BCUT2D eigenvalue weighted by Gasteiger charge is -2.31. The molecule has 0 radical (unpaired) electrons.